The van der Waals surface area contributed by atoms with Crippen LogP contribution in [0.2, 0.25) is 0 Å². The van der Waals surface area contributed by atoms with Gasteiger partial charge in [-0.3, -0.25) is 0 Å². The molecular weight excluding hydrogens is 146 g/mol. The molecule has 66 valence electrons. The van der Waals surface area contributed by atoms with Crippen LogP contribution in [0.3, 0.4) is 0 Å². The normalized spacial score (nSPS) is 32.2. The van der Waals surface area contributed by atoms with Crippen LogP contribution in [0, 0.1) is 0 Å². The van der Waals surface area contributed by atoms with Crippen LogP contribution >= 0.6 is 0 Å². The van der Waals surface area contributed by atoms with Crippen LogP contribution in [0.1, 0.15) is 12.8 Å². The van der Waals surface area contributed by atoms with Crippen molar-refractivity contribution in [1.29, 1.82) is 0 Å². The summed E-state index contributed by atoms with van der Waals surface area (Å²) in [5, 5.41) is 9.30. The average Bonchev–Trinajstić information content (AvgIpc) is 2.03. The third-order valence-electron chi connectivity index (χ3n) is 1.64. The van der Waals surface area contributed by atoms with Gasteiger partial charge in [-0.1, -0.05) is 0 Å². The maximum absolute atomic E-state index is 9.30. The highest BCUT2D eigenvalue weighted by Crippen LogP contribution is 2.14. The van der Waals surface area contributed by atoms with E-state index in [1.807, 2.05) is 0 Å². The third-order valence-corrected chi connectivity index (χ3v) is 1.64. The second-order valence-electron chi connectivity index (χ2n) is 2.61. The summed E-state index contributed by atoms with van der Waals surface area (Å²) in [7, 11) is 0. The summed E-state index contributed by atoms with van der Waals surface area (Å²) in [6.07, 6.45) is 0.737. The molecule has 1 aliphatic heterocycles. The van der Waals surface area contributed by atoms with E-state index in [2.05, 4.69) is 0 Å². The van der Waals surface area contributed by atoms with Gasteiger partial charge in [-0.25, -0.2) is 0 Å². The number of ether oxygens (including phenoxy) is 2. The quantitative estimate of drug-likeness (QED) is 0.583. The molecule has 1 fully saturated rings. The molecule has 4 heteroatoms. The lowest BCUT2D eigenvalue weighted by Crippen LogP contribution is -2.37. The Labute approximate surface area is 66.3 Å². The molecule has 0 unspecified atom stereocenters. The van der Waals surface area contributed by atoms with E-state index in [1.165, 1.54) is 0 Å². The Kier molecular flexibility index (Phi) is 3.79. The average molecular weight is 161 g/mol. The van der Waals surface area contributed by atoms with Crippen LogP contribution in [0.25, 0.3) is 0 Å². The van der Waals surface area contributed by atoms with Gasteiger partial charge in [-0.05, 0) is 12.8 Å². The third kappa shape index (κ3) is 2.75. The molecular formula is C7H15NO3. The van der Waals surface area contributed by atoms with Gasteiger partial charge in [0.1, 0.15) is 6.10 Å². The largest absolute Gasteiger partial charge is 0.388 e. The van der Waals surface area contributed by atoms with Crippen molar-refractivity contribution in [3.63, 3.8) is 0 Å². The van der Waals surface area contributed by atoms with Crippen molar-refractivity contribution >= 4 is 0 Å². The fourth-order valence-electron chi connectivity index (χ4n) is 1.08. The first-order valence-electron chi connectivity index (χ1n) is 3.96. The molecule has 3 N–H and O–H groups in total. The number of aliphatic hydroxyl groups is 1. The summed E-state index contributed by atoms with van der Waals surface area (Å²) in [4.78, 5) is 0. The first kappa shape index (κ1) is 8.93. The zero-order valence-electron chi connectivity index (χ0n) is 6.53. The van der Waals surface area contributed by atoms with Gasteiger partial charge in [0.25, 0.3) is 0 Å². The van der Waals surface area contributed by atoms with E-state index in [1.54, 1.807) is 0 Å². The van der Waals surface area contributed by atoms with Crippen molar-refractivity contribution < 1.29 is 14.6 Å². The van der Waals surface area contributed by atoms with Gasteiger partial charge in [0.2, 0.25) is 0 Å². The van der Waals surface area contributed by atoms with E-state index in [4.69, 9.17) is 15.2 Å². The molecule has 1 rings (SSSR count). The van der Waals surface area contributed by atoms with Gasteiger partial charge >= 0.3 is 0 Å². The summed E-state index contributed by atoms with van der Waals surface area (Å²) < 4.78 is 10.3. The van der Waals surface area contributed by atoms with E-state index in [9.17, 15) is 5.11 Å². The van der Waals surface area contributed by atoms with Crippen LogP contribution in [0.5, 0.6) is 0 Å². The molecule has 11 heavy (non-hydrogen) atoms. The smallest absolute Gasteiger partial charge is 0.183 e. The summed E-state index contributed by atoms with van der Waals surface area (Å²) in [5.41, 5.74) is 5.23. The van der Waals surface area contributed by atoms with Crippen molar-refractivity contribution in [1.82, 2.24) is 0 Å². The van der Waals surface area contributed by atoms with Gasteiger partial charge < -0.3 is 20.3 Å². The minimum Gasteiger partial charge on any atom is -0.388 e. The number of rotatable bonds is 3. The minimum absolute atomic E-state index is 0.446. The zero-order valence-corrected chi connectivity index (χ0v) is 6.53. The number of nitrogens with two attached hydrogens (primary N) is 1. The van der Waals surface area contributed by atoms with Crippen LogP contribution < -0.4 is 5.73 Å². The Morgan fingerprint density at radius 1 is 1.64 bits per heavy atom. The molecule has 0 aromatic heterocycles. The fraction of sp³-hybridized carbons (Fsp3) is 1.00. The molecule has 0 aromatic carbocycles. The Morgan fingerprint density at radius 3 is 3.09 bits per heavy atom. The van der Waals surface area contributed by atoms with Crippen molar-refractivity contribution in [3.05, 3.63) is 0 Å². The van der Waals surface area contributed by atoms with E-state index in [-0.39, 0.29) is 0 Å². The Balaban J connectivity index is 2.18. The highest BCUT2D eigenvalue weighted by atomic mass is 16.7. The number of hydrogen-bond acceptors (Lipinski definition) is 4. The maximum Gasteiger partial charge on any atom is 0.183 e. The second kappa shape index (κ2) is 4.66. The molecule has 4 nitrogen and oxygen atoms in total. The van der Waals surface area contributed by atoms with Crippen LogP contribution in [-0.4, -0.2) is 37.3 Å². The molecule has 0 saturated carbocycles. The molecule has 0 radical (unpaired) electrons. The molecule has 0 bridgehead atoms. The van der Waals surface area contributed by atoms with Crippen LogP contribution in [0.15, 0.2) is 0 Å². The van der Waals surface area contributed by atoms with Crippen molar-refractivity contribution in [2.75, 3.05) is 19.8 Å². The van der Waals surface area contributed by atoms with Crippen molar-refractivity contribution in [2.24, 2.45) is 5.73 Å². The maximum atomic E-state index is 9.30. The van der Waals surface area contributed by atoms with Crippen molar-refractivity contribution in [3.8, 4) is 0 Å². The monoisotopic (exact) mass is 161 g/mol. The van der Waals surface area contributed by atoms with Gasteiger partial charge in [0, 0.05) is 13.2 Å². The molecule has 2 atom stereocenters. The van der Waals surface area contributed by atoms with Crippen LogP contribution in [0.4, 0.5) is 0 Å². The zero-order chi connectivity index (χ0) is 8.10. The second-order valence-corrected chi connectivity index (χ2v) is 2.61. The molecule has 1 heterocycles. The SMILES string of the molecule is NCCO[C@@H]1OCCC[C@@H]1O. The van der Waals surface area contributed by atoms with E-state index < -0.39 is 12.4 Å². The molecule has 0 amide bonds. The first-order chi connectivity index (χ1) is 5.34. The summed E-state index contributed by atoms with van der Waals surface area (Å²) in [6.45, 7) is 1.58. The predicted octanol–water partition coefficient (Wildman–Crippen LogP) is -0.541. The lowest BCUT2D eigenvalue weighted by molar-refractivity contribution is -0.212. The van der Waals surface area contributed by atoms with Gasteiger partial charge in [-0.2, -0.15) is 0 Å². The fourth-order valence-corrected chi connectivity index (χ4v) is 1.08. The number of aliphatic hydroxyl groups excluding tert-OH is 1. The topological polar surface area (TPSA) is 64.7 Å². The summed E-state index contributed by atoms with van der Waals surface area (Å²) >= 11 is 0. The lowest BCUT2D eigenvalue weighted by atomic mass is 10.1. The number of hydrogen-bond donors (Lipinski definition) is 2. The van der Waals surface area contributed by atoms with Crippen LogP contribution in [-0.2, 0) is 9.47 Å². The molecule has 1 aliphatic rings. The van der Waals surface area contributed by atoms with E-state index in [0.29, 0.717) is 19.8 Å². The van der Waals surface area contributed by atoms with E-state index >= 15 is 0 Å². The highest BCUT2D eigenvalue weighted by molar-refractivity contribution is 4.65. The molecule has 1 saturated heterocycles. The highest BCUT2D eigenvalue weighted by Gasteiger charge is 2.23. The molecule has 0 aliphatic carbocycles. The Hall–Kier alpha value is -0.160. The van der Waals surface area contributed by atoms with Gasteiger partial charge in [-0.15, -0.1) is 0 Å². The molecule has 0 aromatic rings. The Bertz CT molecular complexity index is 110. The minimum atomic E-state index is -0.477. The van der Waals surface area contributed by atoms with E-state index in [0.717, 1.165) is 12.8 Å². The first-order valence-corrected chi connectivity index (χ1v) is 3.96. The molecule has 0 spiro atoms. The Morgan fingerprint density at radius 2 is 2.45 bits per heavy atom. The predicted molar refractivity (Wildman–Crippen MR) is 40.0 cm³/mol. The summed E-state index contributed by atoms with van der Waals surface area (Å²) in [5.74, 6) is 0. The standard InChI is InChI=1S/C7H15NO3/c8-3-5-11-7-6(9)2-1-4-10-7/h6-7,9H,1-5,8H2/t6-,7-/m0/s1. The summed E-state index contributed by atoms with van der Waals surface area (Å²) in [6, 6.07) is 0. The van der Waals surface area contributed by atoms with Crippen molar-refractivity contribution in [2.45, 2.75) is 25.2 Å². The van der Waals surface area contributed by atoms with Gasteiger partial charge in [0.15, 0.2) is 6.29 Å². The lowest BCUT2D eigenvalue weighted by Gasteiger charge is -2.27. The van der Waals surface area contributed by atoms with Gasteiger partial charge in [0.05, 0.1) is 6.61 Å².